The van der Waals surface area contributed by atoms with Crippen molar-refractivity contribution in [1.29, 1.82) is 0 Å². The van der Waals surface area contributed by atoms with E-state index in [-0.39, 0.29) is 6.03 Å². The summed E-state index contributed by atoms with van der Waals surface area (Å²) in [7, 11) is 0. The van der Waals surface area contributed by atoms with Gasteiger partial charge in [0.1, 0.15) is 6.04 Å². The first-order valence-corrected chi connectivity index (χ1v) is 6.50. The van der Waals surface area contributed by atoms with Crippen molar-refractivity contribution in [2.75, 3.05) is 13.1 Å². The topological polar surface area (TPSA) is 69.6 Å². The van der Waals surface area contributed by atoms with Crippen LogP contribution < -0.4 is 5.32 Å². The highest BCUT2D eigenvalue weighted by atomic mass is 16.4. The quantitative estimate of drug-likeness (QED) is 0.793. The third-order valence-electron chi connectivity index (χ3n) is 3.45. The molecule has 1 atom stereocenters. The molecule has 1 heterocycles. The van der Waals surface area contributed by atoms with Gasteiger partial charge in [0.2, 0.25) is 0 Å². The number of carboxylic acids is 1. The van der Waals surface area contributed by atoms with Crippen molar-refractivity contribution in [1.82, 2.24) is 10.2 Å². The van der Waals surface area contributed by atoms with Crippen molar-refractivity contribution < 1.29 is 14.7 Å². The zero-order chi connectivity index (χ0) is 13.9. The van der Waals surface area contributed by atoms with Crippen molar-refractivity contribution in [2.45, 2.75) is 46.6 Å². The molecule has 0 saturated carbocycles. The molecule has 5 nitrogen and oxygen atoms in total. The summed E-state index contributed by atoms with van der Waals surface area (Å²) in [5.74, 6) is -0.340. The van der Waals surface area contributed by atoms with Crippen LogP contribution in [0.25, 0.3) is 0 Å². The molecule has 0 radical (unpaired) electrons. The maximum absolute atomic E-state index is 12.0. The zero-order valence-corrected chi connectivity index (χ0v) is 11.7. The summed E-state index contributed by atoms with van der Waals surface area (Å²) in [5.41, 5.74) is -0.495. The molecule has 1 fully saturated rings. The van der Waals surface area contributed by atoms with Gasteiger partial charge < -0.3 is 15.3 Å². The Morgan fingerprint density at radius 1 is 1.28 bits per heavy atom. The smallest absolute Gasteiger partial charge is 0.326 e. The number of carbonyl (C=O) groups excluding carboxylic acids is 1. The van der Waals surface area contributed by atoms with E-state index >= 15 is 0 Å². The number of amides is 2. The largest absolute Gasteiger partial charge is 0.480 e. The first-order chi connectivity index (χ1) is 8.21. The van der Waals surface area contributed by atoms with Crippen molar-refractivity contribution in [3.8, 4) is 0 Å². The molecule has 0 aliphatic carbocycles. The van der Waals surface area contributed by atoms with Gasteiger partial charge in [-0.05, 0) is 24.2 Å². The lowest BCUT2D eigenvalue weighted by molar-refractivity contribution is -0.142. The molecule has 0 unspecified atom stereocenters. The molecular formula is C13H24N2O3. The van der Waals surface area contributed by atoms with Crippen LogP contribution in [-0.2, 0) is 4.79 Å². The van der Waals surface area contributed by atoms with E-state index in [0.717, 1.165) is 12.8 Å². The third-order valence-corrected chi connectivity index (χ3v) is 3.45. The molecule has 0 spiro atoms. The third kappa shape index (κ3) is 3.89. The maximum atomic E-state index is 12.0. The van der Waals surface area contributed by atoms with E-state index in [4.69, 9.17) is 5.11 Å². The highest BCUT2D eigenvalue weighted by Gasteiger charge is 2.34. The van der Waals surface area contributed by atoms with Crippen molar-refractivity contribution in [3.63, 3.8) is 0 Å². The first kappa shape index (κ1) is 14.8. The molecule has 0 aromatic rings. The van der Waals surface area contributed by atoms with E-state index in [1.165, 1.54) is 0 Å². The number of nitrogens with one attached hydrogen (secondary N) is 1. The second kappa shape index (κ2) is 5.59. The van der Waals surface area contributed by atoms with E-state index in [1.807, 2.05) is 20.8 Å². The SMILES string of the molecule is CC1CCN(C(=O)N[C@@H](C(=O)O)C(C)(C)C)CC1. The van der Waals surface area contributed by atoms with Gasteiger partial charge in [-0.25, -0.2) is 9.59 Å². The predicted molar refractivity (Wildman–Crippen MR) is 69.4 cm³/mol. The minimum atomic E-state index is -0.985. The van der Waals surface area contributed by atoms with Gasteiger partial charge in [-0.15, -0.1) is 0 Å². The van der Waals surface area contributed by atoms with Crippen LogP contribution in [0.4, 0.5) is 4.79 Å². The average Bonchev–Trinajstić information content (AvgIpc) is 2.24. The summed E-state index contributed by atoms with van der Waals surface area (Å²) in [4.78, 5) is 24.9. The lowest BCUT2D eigenvalue weighted by Crippen LogP contribution is -2.54. The van der Waals surface area contributed by atoms with E-state index in [1.54, 1.807) is 4.90 Å². The first-order valence-electron chi connectivity index (χ1n) is 6.50. The number of hydrogen-bond donors (Lipinski definition) is 2. The Labute approximate surface area is 109 Å². The van der Waals surface area contributed by atoms with Crippen molar-refractivity contribution >= 4 is 12.0 Å². The van der Waals surface area contributed by atoms with Crippen LogP contribution in [0.2, 0.25) is 0 Å². The van der Waals surface area contributed by atoms with E-state index in [2.05, 4.69) is 12.2 Å². The molecule has 2 amide bonds. The molecule has 5 heteroatoms. The average molecular weight is 256 g/mol. The number of piperidine rings is 1. The number of urea groups is 1. The number of rotatable bonds is 2. The number of carbonyl (C=O) groups is 2. The number of aliphatic carboxylic acids is 1. The molecule has 2 N–H and O–H groups in total. The van der Waals surface area contributed by atoms with Crippen molar-refractivity contribution in [3.05, 3.63) is 0 Å². The van der Waals surface area contributed by atoms with Crippen LogP contribution in [0.3, 0.4) is 0 Å². The maximum Gasteiger partial charge on any atom is 0.326 e. The summed E-state index contributed by atoms with van der Waals surface area (Å²) in [6.45, 7) is 9.02. The molecule has 0 aromatic carbocycles. The van der Waals surface area contributed by atoms with Gasteiger partial charge in [0.15, 0.2) is 0 Å². The van der Waals surface area contributed by atoms with Crippen LogP contribution in [0.15, 0.2) is 0 Å². The molecular weight excluding hydrogens is 232 g/mol. The van der Waals surface area contributed by atoms with Gasteiger partial charge in [0, 0.05) is 13.1 Å². The molecule has 1 saturated heterocycles. The molecule has 1 aliphatic rings. The van der Waals surface area contributed by atoms with Gasteiger partial charge in [-0.1, -0.05) is 27.7 Å². The molecule has 104 valence electrons. The van der Waals surface area contributed by atoms with Gasteiger partial charge in [-0.3, -0.25) is 0 Å². The molecule has 0 bridgehead atoms. The predicted octanol–water partition coefficient (Wildman–Crippen LogP) is 1.93. The van der Waals surface area contributed by atoms with Gasteiger partial charge in [0.05, 0.1) is 0 Å². The number of nitrogens with zero attached hydrogens (tertiary/aromatic N) is 1. The Morgan fingerprint density at radius 3 is 2.17 bits per heavy atom. The van der Waals surface area contributed by atoms with Gasteiger partial charge in [0.25, 0.3) is 0 Å². The highest BCUT2D eigenvalue weighted by Crippen LogP contribution is 2.21. The van der Waals surface area contributed by atoms with E-state index in [9.17, 15) is 9.59 Å². The Hall–Kier alpha value is -1.26. The fourth-order valence-corrected chi connectivity index (χ4v) is 2.08. The van der Waals surface area contributed by atoms with E-state index < -0.39 is 17.4 Å². The summed E-state index contributed by atoms with van der Waals surface area (Å²) in [6.07, 6.45) is 1.97. The fourth-order valence-electron chi connectivity index (χ4n) is 2.08. The summed E-state index contributed by atoms with van der Waals surface area (Å²) in [6, 6.07) is -1.12. The zero-order valence-electron chi connectivity index (χ0n) is 11.7. The van der Waals surface area contributed by atoms with Crippen LogP contribution in [0.1, 0.15) is 40.5 Å². The monoisotopic (exact) mass is 256 g/mol. The Bertz CT molecular complexity index is 315. The number of hydrogen-bond acceptors (Lipinski definition) is 2. The highest BCUT2D eigenvalue weighted by molar-refractivity contribution is 5.83. The van der Waals surface area contributed by atoms with Crippen LogP contribution in [0.5, 0.6) is 0 Å². The molecule has 0 aromatic heterocycles. The standard InChI is InChI=1S/C13H24N2O3/c1-9-5-7-15(8-6-9)12(18)14-10(11(16)17)13(2,3)4/h9-10H,5-8H2,1-4H3,(H,14,18)(H,16,17)/t10-/m0/s1. The number of carboxylic acid groups (broad SMARTS) is 1. The Balaban J connectivity index is 2.59. The Morgan fingerprint density at radius 2 is 1.78 bits per heavy atom. The van der Waals surface area contributed by atoms with Crippen LogP contribution in [-0.4, -0.2) is 41.1 Å². The lowest BCUT2D eigenvalue weighted by atomic mass is 9.87. The van der Waals surface area contributed by atoms with E-state index in [0.29, 0.717) is 19.0 Å². The second-order valence-corrected chi connectivity index (χ2v) is 6.26. The summed E-state index contributed by atoms with van der Waals surface area (Å²) in [5, 5.41) is 11.8. The Kier molecular flexibility index (Phi) is 4.59. The second-order valence-electron chi connectivity index (χ2n) is 6.26. The summed E-state index contributed by atoms with van der Waals surface area (Å²) >= 11 is 0. The number of likely N-dealkylation sites (tertiary alicyclic amines) is 1. The normalized spacial score (nSPS) is 19.4. The minimum absolute atomic E-state index is 0.260. The summed E-state index contributed by atoms with van der Waals surface area (Å²) < 4.78 is 0. The fraction of sp³-hybridized carbons (Fsp3) is 0.846. The molecule has 1 aliphatic heterocycles. The van der Waals surface area contributed by atoms with Crippen molar-refractivity contribution in [2.24, 2.45) is 11.3 Å². The van der Waals surface area contributed by atoms with Gasteiger partial charge in [-0.2, -0.15) is 0 Å². The van der Waals surface area contributed by atoms with Crippen LogP contribution >= 0.6 is 0 Å². The lowest BCUT2D eigenvalue weighted by Gasteiger charge is -2.34. The molecule has 1 rings (SSSR count). The molecule has 18 heavy (non-hydrogen) atoms. The minimum Gasteiger partial charge on any atom is -0.480 e. The van der Waals surface area contributed by atoms with Gasteiger partial charge >= 0.3 is 12.0 Å². The van der Waals surface area contributed by atoms with Crippen LogP contribution in [0, 0.1) is 11.3 Å².